The van der Waals surface area contributed by atoms with E-state index in [4.69, 9.17) is 0 Å². The first-order chi connectivity index (χ1) is 9.67. The number of nitrogens with zero attached hydrogens (tertiary/aromatic N) is 1. The number of fused-ring (bicyclic) bond motifs is 1. The molecule has 0 amide bonds. The lowest BCUT2D eigenvalue weighted by Gasteiger charge is -2.08. The summed E-state index contributed by atoms with van der Waals surface area (Å²) < 4.78 is 0. The summed E-state index contributed by atoms with van der Waals surface area (Å²) in [4.78, 5) is 15.7. The van der Waals surface area contributed by atoms with Crippen molar-refractivity contribution in [3.8, 4) is 11.1 Å². The van der Waals surface area contributed by atoms with Crippen molar-refractivity contribution in [2.75, 3.05) is 0 Å². The highest BCUT2D eigenvalue weighted by Gasteiger charge is 2.06. The zero-order valence-corrected chi connectivity index (χ0v) is 11.6. The minimum Gasteiger partial charge on any atom is -0.298 e. The van der Waals surface area contributed by atoms with Gasteiger partial charge in [0.25, 0.3) is 0 Å². The Hall–Kier alpha value is -2.48. The van der Waals surface area contributed by atoms with Crippen LogP contribution in [0.2, 0.25) is 0 Å². The molecular formula is C18H15NO. The Balaban J connectivity index is 2.22. The number of aryl methyl sites for hydroxylation is 2. The van der Waals surface area contributed by atoms with Gasteiger partial charge in [0.05, 0.1) is 5.52 Å². The fourth-order valence-electron chi connectivity index (χ4n) is 2.42. The summed E-state index contributed by atoms with van der Waals surface area (Å²) in [7, 11) is 0. The molecule has 0 bridgehead atoms. The number of carbonyl (C=O) groups excluding carboxylic acids is 1. The van der Waals surface area contributed by atoms with Crippen LogP contribution in [0.15, 0.2) is 48.5 Å². The monoisotopic (exact) mass is 261 g/mol. The molecule has 0 spiro atoms. The van der Waals surface area contributed by atoms with Gasteiger partial charge in [-0.1, -0.05) is 35.9 Å². The number of rotatable bonds is 2. The van der Waals surface area contributed by atoms with E-state index in [1.54, 1.807) is 0 Å². The van der Waals surface area contributed by atoms with Crippen LogP contribution in [0, 0.1) is 13.8 Å². The molecule has 2 heteroatoms. The Morgan fingerprint density at radius 3 is 2.60 bits per heavy atom. The van der Waals surface area contributed by atoms with Gasteiger partial charge in [-0.3, -0.25) is 9.78 Å². The van der Waals surface area contributed by atoms with Crippen molar-refractivity contribution in [1.82, 2.24) is 4.98 Å². The van der Waals surface area contributed by atoms with Crippen LogP contribution >= 0.6 is 0 Å². The first kappa shape index (κ1) is 12.5. The third-order valence-electron chi connectivity index (χ3n) is 3.48. The van der Waals surface area contributed by atoms with E-state index in [0.29, 0.717) is 0 Å². The summed E-state index contributed by atoms with van der Waals surface area (Å²) in [5.74, 6) is 0. The number of aldehydes is 1. The predicted molar refractivity (Wildman–Crippen MR) is 82.0 cm³/mol. The van der Waals surface area contributed by atoms with Crippen molar-refractivity contribution in [1.29, 1.82) is 0 Å². The molecule has 0 aliphatic carbocycles. The second-order valence-corrected chi connectivity index (χ2v) is 5.07. The SMILES string of the molecule is Cc1ccc(C=O)c(-c2ccc3nc(C)ccc3c2)c1. The van der Waals surface area contributed by atoms with Crippen LogP contribution < -0.4 is 0 Å². The first-order valence-corrected chi connectivity index (χ1v) is 6.61. The lowest BCUT2D eigenvalue weighted by molar-refractivity contribution is 0.112. The average molecular weight is 261 g/mol. The highest BCUT2D eigenvalue weighted by atomic mass is 16.1. The van der Waals surface area contributed by atoms with Crippen LogP contribution in [0.25, 0.3) is 22.0 Å². The van der Waals surface area contributed by atoms with Crippen molar-refractivity contribution in [2.45, 2.75) is 13.8 Å². The minimum absolute atomic E-state index is 0.718. The van der Waals surface area contributed by atoms with E-state index in [2.05, 4.69) is 17.1 Å². The van der Waals surface area contributed by atoms with Gasteiger partial charge in [0.15, 0.2) is 6.29 Å². The molecule has 3 rings (SSSR count). The van der Waals surface area contributed by atoms with E-state index in [1.165, 1.54) is 0 Å². The molecule has 98 valence electrons. The van der Waals surface area contributed by atoms with E-state index in [1.807, 2.05) is 50.2 Å². The molecule has 0 saturated carbocycles. The summed E-state index contributed by atoms with van der Waals surface area (Å²) in [5, 5.41) is 1.09. The summed E-state index contributed by atoms with van der Waals surface area (Å²) >= 11 is 0. The molecule has 0 N–H and O–H groups in total. The number of hydrogen-bond donors (Lipinski definition) is 0. The van der Waals surface area contributed by atoms with Crippen LogP contribution in [0.4, 0.5) is 0 Å². The molecule has 0 unspecified atom stereocenters. The van der Waals surface area contributed by atoms with Crippen LogP contribution in [0.5, 0.6) is 0 Å². The molecule has 0 radical (unpaired) electrons. The Kier molecular flexibility index (Phi) is 3.07. The number of pyridine rings is 1. The molecule has 0 aliphatic rings. The molecule has 2 nitrogen and oxygen atoms in total. The van der Waals surface area contributed by atoms with Gasteiger partial charge in [0, 0.05) is 16.6 Å². The highest BCUT2D eigenvalue weighted by molar-refractivity contribution is 5.91. The maximum atomic E-state index is 11.2. The summed E-state index contributed by atoms with van der Waals surface area (Å²) in [6.45, 7) is 4.02. The Labute approximate surface area is 118 Å². The van der Waals surface area contributed by atoms with Crippen LogP contribution in [-0.2, 0) is 0 Å². The number of hydrogen-bond acceptors (Lipinski definition) is 2. The quantitative estimate of drug-likeness (QED) is 0.643. The van der Waals surface area contributed by atoms with E-state index in [-0.39, 0.29) is 0 Å². The molecule has 2 aromatic carbocycles. The fraction of sp³-hybridized carbons (Fsp3) is 0.111. The van der Waals surface area contributed by atoms with E-state index in [9.17, 15) is 4.79 Å². The molecule has 1 heterocycles. The number of carbonyl (C=O) groups is 1. The second-order valence-electron chi connectivity index (χ2n) is 5.07. The molecule has 0 fully saturated rings. The Morgan fingerprint density at radius 2 is 1.80 bits per heavy atom. The van der Waals surface area contributed by atoms with E-state index in [0.717, 1.165) is 45.1 Å². The fourth-order valence-corrected chi connectivity index (χ4v) is 2.42. The van der Waals surface area contributed by atoms with Gasteiger partial charge >= 0.3 is 0 Å². The minimum atomic E-state index is 0.718. The second kappa shape index (κ2) is 4.89. The first-order valence-electron chi connectivity index (χ1n) is 6.61. The van der Waals surface area contributed by atoms with Gasteiger partial charge in [-0.15, -0.1) is 0 Å². The van der Waals surface area contributed by atoms with Crippen LogP contribution in [0.1, 0.15) is 21.6 Å². The molecule has 0 atom stereocenters. The number of aromatic nitrogens is 1. The Bertz CT molecular complexity index is 806. The molecule has 3 aromatic rings. The molecule has 0 aliphatic heterocycles. The zero-order chi connectivity index (χ0) is 14.1. The van der Waals surface area contributed by atoms with Gasteiger partial charge in [-0.25, -0.2) is 0 Å². The van der Waals surface area contributed by atoms with Crippen molar-refractivity contribution in [2.24, 2.45) is 0 Å². The predicted octanol–water partition coefficient (Wildman–Crippen LogP) is 4.33. The maximum Gasteiger partial charge on any atom is 0.150 e. The van der Waals surface area contributed by atoms with Crippen LogP contribution in [-0.4, -0.2) is 11.3 Å². The van der Waals surface area contributed by atoms with Gasteiger partial charge in [0.2, 0.25) is 0 Å². The summed E-state index contributed by atoms with van der Waals surface area (Å²) in [6.07, 6.45) is 0.909. The molecular weight excluding hydrogens is 246 g/mol. The Morgan fingerprint density at radius 1 is 0.950 bits per heavy atom. The van der Waals surface area contributed by atoms with Gasteiger partial charge < -0.3 is 0 Å². The summed E-state index contributed by atoms with van der Waals surface area (Å²) in [6, 6.07) is 16.1. The normalized spacial score (nSPS) is 10.7. The molecule has 0 saturated heterocycles. The third-order valence-corrected chi connectivity index (χ3v) is 3.48. The lowest BCUT2D eigenvalue weighted by Crippen LogP contribution is -1.90. The van der Waals surface area contributed by atoms with Crippen LogP contribution in [0.3, 0.4) is 0 Å². The smallest absolute Gasteiger partial charge is 0.150 e. The third kappa shape index (κ3) is 2.21. The summed E-state index contributed by atoms with van der Waals surface area (Å²) in [5.41, 5.74) is 5.88. The van der Waals surface area contributed by atoms with Gasteiger partial charge in [-0.2, -0.15) is 0 Å². The highest BCUT2D eigenvalue weighted by Crippen LogP contribution is 2.27. The van der Waals surface area contributed by atoms with Crippen molar-refractivity contribution < 1.29 is 4.79 Å². The van der Waals surface area contributed by atoms with Gasteiger partial charge in [0.1, 0.15) is 0 Å². The standard InChI is InChI=1S/C18H15NO/c1-12-3-5-16(11-20)17(9-12)14-7-8-18-15(10-14)6-4-13(2)19-18/h3-11H,1-2H3. The lowest BCUT2D eigenvalue weighted by atomic mass is 9.97. The van der Waals surface area contributed by atoms with Crippen molar-refractivity contribution in [3.05, 3.63) is 65.4 Å². The van der Waals surface area contributed by atoms with Gasteiger partial charge in [-0.05, 0) is 43.2 Å². The molecule has 1 aromatic heterocycles. The van der Waals surface area contributed by atoms with E-state index >= 15 is 0 Å². The van der Waals surface area contributed by atoms with E-state index < -0.39 is 0 Å². The maximum absolute atomic E-state index is 11.2. The average Bonchev–Trinajstić information content (AvgIpc) is 2.46. The topological polar surface area (TPSA) is 30.0 Å². The number of benzene rings is 2. The molecule has 20 heavy (non-hydrogen) atoms. The largest absolute Gasteiger partial charge is 0.298 e. The van der Waals surface area contributed by atoms with Crippen molar-refractivity contribution in [3.63, 3.8) is 0 Å². The zero-order valence-electron chi connectivity index (χ0n) is 11.6. The van der Waals surface area contributed by atoms with Crippen molar-refractivity contribution >= 4 is 17.2 Å².